The van der Waals surface area contributed by atoms with Gasteiger partial charge in [0.25, 0.3) is 5.91 Å². The zero-order valence-corrected chi connectivity index (χ0v) is 10.3. The van der Waals surface area contributed by atoms with Gasteiger partial charge in [-0.3, -0.25) is 9.89 Å². The molecule has 2 rings (SSSR count). The standard InChI is InChI=1S/C12H19N3O2/c1-8(2)10-6-11(14-13-10)12(17)15-5-3-4-9(15)7-16/h6,8-9,16H,3-5,7H2,1-2H3,(H,13,14)/t9-/m1/s1. The van der Waals surface area contributed by atoms with Crippen molar-refractivity contribution in [2.45, 2.75) is 38.6 Å². The molecule has 0 saturated carbocycles. The molecular weight excluding hydrogens is 218 g/mol. The first kappa shape index (κ1) is 12.1. The number of aromatic nitrogens is 2. The van der Waals surface area contributed by atoms with Gasteiger partial charge in [-0.1, -0.05) is 13.8 Å². The number of hydrogen-bond acceptors (Lipinski definition) is 3. The smallest absolute Gasteiger partial charge is 0.274 e. The highest BCUT2D eigenvalue weighted by molar-refractivity contribution is 5.92. The lowest BCUT2D eigenvalue weighted by Gasteiger charge is -2.21. The van der Waals surface area contributed by atoms with Gasteiger partial charge < -0.3 is 10.0 Å². The van der Waals surface area contributed by atoms with E-state index in [1.165, 1.54) is 0 Å². The third-order valence-corrected chi connectivity index (χ3v) is 3.29. The van der Waals surface area contributed by atoms with Gasteiger partial charge in [0.05, 0.1) is 12.6 Å². The normalized spacial score (nSPS) is 20.2. The van der Waals surface area contributed by atoms with Crippen molar-refractivity contribution in [3.63, 3.8) is 0 Å². The molecule has 1 aliphatic heterocycles. The molecule has 1 atom stereocenters. The summed E-state index contributed by atoms with van der Waals surface area (Å²) >= 11 is 0. The fourth-order valence-corrected chi connectivity index (χ4v) is 2.18. The minimum atomic E-state index is -0.0790. The van der Waals surface area contributed by atoms with Gasteiger partial charge in [-0.2, -0.15) is 5.10 Å². The summed E-state index contributed by atoms with van der Waals surface area (Å²) in [6.45, 7) is 4.85. The van der Waals surface area contributed by atoms with E-state index in [4.69, 9.17) is 0 Å². The average Bonchev–Trinajstić information content (AvgIpc) is 2.96. The van der Waals surface area contributed by atoms with Crippen molar-refractivity contribution in [2.75, 3.05) is 13.2 Å². The number of amides is 1. The predicted molar refractivity (Wildman–Crippen MR) is 63.8 cm³/mol. The molecule has 0 radical (unpaired) electrons. The van der Waals surface area contributed by atoms with Crippen molar-refractivity contribution in [3.05, 3.63) is 17.5 Å². The molecular formula is C12H19N3O2. The number of carbonyl (C=O) groups is 1. The Balaban J connectivity index is 2.13. The molecule has 2 heterocycles. The van der Waals surface area contributed by atoms with Gasteiger partial charge in [0, 0.05) is 12.2 Å². The maximum atomic E-state index is 12.2. The molecule has 0 unspecified atom stereocenters. The van der Waals surface area contributed by atoms with E-state index in [1.54, 1.807) is 11.0 Å². The van der Waals surface area contributed by atoms with E-state index in [2.05, 4.69) is 10.2 Å². The van der Waals surface area contributed by atoms with Gasteiger partial charge in [-0.15, -0.1) is 0 Å². The van der Waals surface area contributed by atoms with Crippen LogP contribution in [0.15, 0.2) is 6.07 Å². The topological polar surface area (TPSA) is 69.2 Å². The van der Waals surface area contributed by atoms with E-state index in [0.717, 1.165) is 18.5 Å². The molecule has 1 aromatic heterocycles. The molecule has 1 amide bonds. The van der Waals surface area contributed by atoms with Crippen molar-refractivity contribution in [1.29, 1.82) is 0 Å². The van der Waals surface area contributed by atoms with Crippen LogP contribution >= 0.6 is 0 Å². The first-order chi connectivity index (χ1) is 8.13. The Labute approximate surface area is 101 Å². The van der Waals surface area contributed by atoms with Gasteiger partial charge in [0.2, 0.25) is 0 Å². The number of rotatable bonds is 3. The minimum Gasteiger partial charge on any atom is -0.394 e. The number of carbonyl (C=O) groups excluding carboxylic acids is 1. The summed E-state index contributed by atoms with van der Waals surface area (Å²) in [5.74, 6) is 0.251. The fourth-order valence-electron chi connectivity index (χ4n) is 2.18. The van der Waals surface area contributed by atoms with Crippen LogP contribution in [0.1, 0.15) is 48.8 Å². The Morgan fingerprint density at radius 3 is 3.06 bits per heavy atom. The molecule has 0 bridgehead atoms. The maximum Gasteiger partial charge on any atom is 0.274 e. The van der Waals surface area contributed by atoms with Crippen LogP contribution in [0.3, 0.4) is 0 Å². The van der Waals surface area contributed by atoms with Gasteiger partial charge in [0.1, 0.15) is 5.69 Å². The number of aliphatic hydroxyl groups is 1. The highest BCUT2D eigenvalue weighted by Crippen LogP contribution is 2.20. The molecule has 5 heteroatoms. The summed E-state index contributed by atoms with van der Waals surface area (Å²) in [5.41, 5.74) is 1.42. The zero-order chi connectivity index (χ0) is 12.4. The number of hydrogen-bond donors (Lipinski definition) is 2. The molecule has 94 valence electrons. The second-order valence-electron chi connectivity index (χ2n) is 4.84. The third-order valence-electron chi connectivity index (χ3n) is 3.29. The SMILES string of the molecule is CC(C)c1cc(C(=O)N2CCC[C@@H]2CO)n[nH]1. The molecule has 5 nitrogen and oxygen atoms in total. The quantitative estimate of drug-likeness (QED) is 0.828. The summed E-state index contributed by atoms with van der Waals surface area (Å²) in [5, 5.41) is 16.1. The predicted octanol–water partition coefficient (Wildman–Crippen LogP) is 1.13. The van der Waals surface area contributed by atoms with E-state index in [-0.39, 0.29) is 18.6 Å². The largest absolute Gasteiger partial charge is 0.394 e. The van der Waals surface area contributed by atoms with E-state index in [1.807, 2.05) is 13.8 Å². The fraction of sp³-hybridized carbons (Fsp3) is 0.667. The summed E-state index contributed by atoms with van der Waals surface area (Å²) in [6.07, 6.45) is 1.84. The monoisotopic (exact) mass is 237 g/mol. The molecule has 0 spiro atoms. The van der Waals surface area contributed by atoms with E-state index in [0.29, 0.717) is 18.2 Å². The molecule has 0 aromatic carbocycles. The molecule has 1 aromatic rings. The van der Waals surface area contributed by atoms with Crippen LogP contribution in [0, 0.1) is 0 Å². The highest BCUT2D eigenvalue weighted by Gasteiger charge is 2.30. The van der Waals surface area contributed by atoms with E-state index >= 15 is 0 Å². The molecule has 0 aliphatic carbocycles. The van der Waals surface area contributed by atoms with E-state index in [9.17, 15) is 9.90 Å². The van der Waals surface area contributed by atoms with Gasteiger partial charge >= 0.3 is 0 Å². The molecule has 2 N–H and O–H groups in total. The van der Waals surface area contributed by atoms with Gasteiger partial charge in [0.15, 0.2) is 0 Å². The lowest BCUT2D eigenvalue weighted by Crippen LogP contribution is -2.37. The lowest BCUT2D eigenvalue weighted by molar-refractivity contribution is 0.0671. The van der Waals surface area contributed by atoms with Crippen LogP contribution in [0.2, 0.25) is 0 Å². The molecule has 1 aliphatic rings. The minimum absolute atomic E-state index is 0.0349. The van der Waals surface area contributed by atoms with Crippen molar-refractivity contribution in [2.24, 2.45) is 0 Å². The number of aromatic amines is 1. The first-order valence-electron chi connectivity index (χ1n) is 6.10. The highest BCUT2D eigenvalue weighted by atomic mass is 16.3. The second kappa shape index (κ2) is 4.87. The van der Waals surface area contributed by atoms with Crippen molar-refractivity contribution in [3.8, 4) is 0 Å². The van der Waals surface area contributed by atoms with Crippen LogP contribution in [-0.4, -0.2) is 45.3 Å². The number of nitrogens with one attached hydrogen (secondary N) is 1. The third kappa shape index (κ3) is 2.34. The van der Waals surface area contributed by atoms with Crippen LogP contribution in [0.4, 0.5) is 0 Å². The Morgan fingerprint density at radius 1 is 1.71 bits per heavy atom. The van der Waals surface area contributed by atoms with Crippen molar-refractivity contribution < 1.29 is 9.90 Å². The van der Waals surface area contributed by atoms with Crippen LogP contribution in [-0.2, 0) is 0 Å². The summed E-state index contributed by atoms with van der Waals surface area (Å²) < 4.78 is 0. The summed E-state index contributed by atoms with van der Waals surface area (Å²) in [7, 11) is 0. The molecule has 1 fully saturated rings. The van der Waals surface area contributed by atoms with Gasteiger partial charge in [-0.25, -0.2) is 0 Å². The van der Waals surface area contributed by atoms with Gasteiger partial charge in [-0.05, 0) is 24.8 Å². The lowest BCUT2D eigenvalue weighted by atomic mass is 10.1. The maximum absolute atomic E-state index is 12.2. The first-order valence-corrected chi connectivity index (χ1v) is 6.10. The number of H-pyrrole nitrogens is 1. The van der Waals surface area contributed by atoms with E-state index < -0.39 is 0 Å². The Bertz CT molecular complexity index is 400. The second-order valence-corrected chi connectivity index (χ2v) is 4.84. The molecule has 17 heavy (non-hydrogen) atoms. The average molecular weight is 237 g/mol. The van der Waals surface area contributed by atoms with Crippen LogP contribution in [0.5, 0.6) is 0 Å². The van der Waals surface area contributed by atoms with Crippen LogP contribution < -0.4 is 0 Å². The van der Waals surface area contributed by atoms with Crippen molar-refractivity contribution in [1.82, 2.24) is 15.1 Å². The zero-order valence-electron chi connectivity index (χ0n) is 10.3. The Morgan fingerprint density at radius 2 is 2.47 bits per heavy atom. The summed E-state index contributed by atoms with van der Waals surface area (Å²) in [6, 6.07) is 1.77. The number of likely N-dealkylation sites (tertiary alicyclic amines) is 1. The van der Waals surface area contributed by atoms with Crippen LogP contribution in [0.25, 0.3) is 0 Å². The Kier molecular flexibility index (Phi) is 3.47. The molecule has 1 saturated heterocycles. The number of nitrogens with zero attached hydrogens (tertiary/aromatic N) is 2. The number of aliphatic hydroxyl groups excluding tert-OH is 1. The van der Waals surface area contributed by atoms with Crippen molar-refractivity contribution >= 4 is 5.91 Å². The summed E-state index contributed by atoms with van der Waals surface area (Å²) in [4.78, 5) is 13.9. The Hall–Kier alpha value is -1.36.